The molecule has 0 spiro atoms. The summed E-state index contributed by atoms with van der Waals surface area (Å²) in [6, 6.07) is 15.7. The van der Waals surface area contributed by atoms with Crippen LogP contribution in [0.1, 0.15) is 29.1 Å². The SMILES string of the molecule is COc1cccc(C(=O)OCC(=O)N[C@H](C)c2cc3ccccc3o2)c1. The third-order valence-corrected chi connectivity index (χ3v) is 3.89. The third kappa shape index (κ3) is 4.03. The maximum atomic E-state index is 12.0. The lowest BCUT2D eigenvalue weighted by molar-refractivity contribution is -0.125. The number of nitrogens with one attached hydrogen (secondary N) is 1. The molecule has 1 amide bonds. The average molecular weight is 353 g/mol. The van der Waals surface area contributed by atoms with Crippen molar-refractivity contribution >= 4 is 22.8 Å². The Kier molecular flexibility index (Phi) is 5.22. The van der Waals surface area contributed by atoms with Gasteiger partial charge in [-0.1, -0.05) is 24.3 Å². The first kappa shape index (κ1) is 17.5. The molecule has 26 heavy (non-hydrogen) atoms. The Bertz CT molecular complexity index is 898. The summed E-state index contributed by atoms with van der Waals surface area (Å²) in [6.07, 6.45) is 0. The minimum absolute atomic E-state index is 0.322. The molecule has 0 fully saturated rings. The number of furan rings is 1. The molecule has 0 aliphatic rings. The van der Waals surface area contributed by atoms with Crippen LogP contribution >= 0.6 is 0 Å². The fourth-order valence-corrected chi connectivity index (χ4v) is 2.53. The Morgan fingerprint density at radius 3 is 2.69 bits per heavy atom. The van der Waals surface area contributed by atoms with Gasteiger partial charge in [0.15, 0.2) is 6.61 Å². The standard InChI is InChI=1S/C20H19NO5/c1-13(18-11-14-6-3-4-9-17(14)26-18)21-19(22)12-25-20(23)15-7-5-8-16(10-15)24-2/h3-11,13H,12H2,1-2H3,(H,21,22)/t13-/m1/s1. The second kappa shape index (κ2) is 7.74. The van der Waals surface area contributed by atoms with E-state index in [1.807, 2.05) is 30.3 Å². The number of benzene rings is 2. The predicted octanol–water partition coefficient (Wildman–Crippen LogP) is 3.48. The van der Waals surface area contributed by atoms with Crippen molar-refractivity contribution in [1.82, 2.24) is 5.32 Å². The van der Waals surface area contributed by atoms with Gasteiger partial charge in [0, 0.05) is 5.39 Å². The monoisotopic (exact) mass is 353 g/mol. The summed E-state index contributed by atoms with van der Waals surface area (Å²) in [5.74, 6) is 0.186. The quantitative estimate of drug-likeness (QED) is 0.687. The molecule has 1 aromatic heterocycles. The van der Waals surface area contributed by atoms with Crippen LogP contribution in [-0.4, -0.2) is 25.6 Å². The van der Waals surface area contributed by atoms with Crippen molar-refractivity contribution < 1.29 is 23.5 Å². The molecule has 2 aromatic carbocycles. The first-order valence-corrected chi connectivity index (χ1v) is 8.16. The second-order valence-electron chi connectivity index (χ2n) is 5.78. The van der Waals surface area contributed by atoms with Crippen molar-refractivity contribution in [2.75, 3.05) is 13.7 Å². The molecule has 0 saturated carbocycles. The molecule has 6 heteroatoms. The molecule has 0 aliphatic carbocycles. The highest BCUT2D eigenvalue weighted by Crippen LogP contribution is 2.23. The van der Waals surface area contributed by atoms with Gasteiger partial charge in [0.25, 0.3) is 5.91 Å². The van der Waals surface area contributed by atoms with Crippen LogP contribution in [0, 0.1) is 0 Å². The Balaban J connectivity index is 1.55. The number of hydrogen-bond acceptors (Lipinski definition) is 5. The fourth-order valence-electron chi connectivity index (χ4n) is 2.53. The van der Waals surface area contributed by atoms with E-state index in [-0.39, 0.29) is 12.6 Å². The first-order valence-electron chi connectivity index (χ1n) is 8.16. The van der Waals surface area contributed by atoms with Crippen LogP contribution in [0.3, 0.4) is 0 Å². The molecule has 6 nitrogen and oxygen atoms in total. The number of rotatable bonds is 6. The van der Waals surface area contributed by atoms with Crippen molar-refractivity contribution in [2.24, 2.45) is 0 Å². The van der Waals surface area contributed by atoms with E-state index >= 15 is 0 Å². The van der Waals surface area contributed by atoms with Crippen molar-refractivity contribution in [1.29, 1.82) is 0 Å². The van der Waals surface area contributed by atoms with Crippen molar-refractivity contribution in [3.63, 3.8) is 0 Å². The van der Waals surface area contributed by atoms with Crippen molar-refractivity contribution in [3.05, 3.63) is 65.9 Å². The molecule has 1 heterocycles. The minimum atomic E-state index is -0.588. The Hall–Kier alpha value is -3.28. The number of para-hydroxylation sites is 1. The summed E-state index contributed by atoms with van der Waals surface area (Å²) in [4.78, 5) is 24.1. The molecule has 0 unspecified atom stereocenters. The molecule has 0 radical (unpaired) electrons. The zero-order valence-corrected chi connectivity index (χ0v) is 14.5. The Morgan fingerprint density at radius 1 is 1.12 bits per heavy atom. The maximum Gasteiger partial charge on any atom is 0.338 e. The molecular weight excluding hydrogens is 334 g/mol. The van der Waals surface area contributed by atoms with Gasteiger partial charge in [0.05, 0.1) is 18.7 Å². The van der Waals surface area contributed by atoms with Crippen LogP contribution in [-0.2, 0) is 9.53 Å². The van der Waals surface area contributed by atoms with Crippen LogP contribution in [0.15, 0.2) is 59.0 Å². The number of esters is 1. The van der Waals surface area contributed by atoms with E-state index in [1.54, 1.807) is 31.2 Å². The number of fused-ring (bicyclic) bond motifs is 1. The summed E-state index contributed by atoms with van der Waals surface area (Å²) < 4.78 is 15.8. The highest BCUT2D eigenvalue weighted by Gasteiger charge is 2.16. The van der Waals surface area contributed by atoms with Crippen molar-refractivity contribution in [2.45, 2.75) is 13.0 Å². The van der Waals surface area contributed by atoms with Gasteiger partial charge in [0.2, 0.25) is 0 Å². The summed E-state index contributed by atoms with van der Waals surface area (Å²) in [7, 11) is 1.51. The number of carbonyl (C=O) groups excluding carboxylic acids is 2. The van der Waals surface area contributed by atoms with Gasteiger partial charge < -0.3 is 19.2 Å². The summed E-state index contributed by atoms with van der Waals surface area (Å²) in [6.45, 7) is 1.43. The molecule has 0 saturated heterocycles. The van der Waals surface area contributed by atoms with E-state index in [0.717, 1.165) is 11.0 Å². The number of carbonyl (C=O) groups is 2. The van der Waals surface area contributed by atoms with Gasteiger partial charge in [-0.2, -0.15) is 0 Å². The van der Waals surface area contributed by atoms with Crippen molar-refractivity contribution in [3.8, 4) is 5.75 Å². The highest BCUT2D eigenvalue weighted by molar-refractivity contribution is 5.91. The maximum absolute atomic E-state index is 12.0. The van der Waals surface area contributed by atoms with Gasteiger partial charge in [-0.25, -0.2) is 4.79 Å². The van der Waals surface area contributed by atoms with Crippen LogP contribution in [0.5, 0.6) is 5.75 Å². The first-order chi connectivity index (χ1) is 12.6. The molecule has 3 rings (SSSR count). The molecule has 0 aliphatic heterocycles. The molecule has 134 valence electrons. The van der Waals surface area contributed by atoms with E-state index in [0.29, 0.717) is 17.1 Å². The van der Waals surface area contributed by atoms with Gasteiger partial charge in [0.1, 0.15) is 17.1 Å². The average Bonchev–Trinajstić information content (AvgIpc) is 3.10. The molecule has 0 bridgehead atoms. The summed E-state index contributed by atoms with van der Waals surface area (Å²) >= 11 is 0. The van der Waals surface area contributed by atoms with Gasteiger partial charge in [-0.15, -0.1) is 0 Å². The lowest BCUT2D eigenvalue weighted by Crippen LogP contribution is -2.31. The topological polar surface area (TPSA) is 77.8 Å². The van der Waals surface area contributed by atoms with E-state index < -0.39 is 11.9 Å². The lowest BCUT2D eigenvalue weighted by Gasteiger charge is -2.11. The molecular formula is C20H19NO5. The second-order valence-corrected chi connectivity index (χ2v) is 5.78. The number of methoxy groups -OCH3 is 1. The summed E-state index contributed by atoms with van der Waals surface area (Å²) in [5, 5.41) is 3.72. The van der Waals surface area contributed by atoms with Gasteiger partial charge in [-0.3, -0.25) is 4.79 Å². The van der Waals surface area contributed by atoms with Gasteiger partial charge in [-0.05, 0) is 37.3 Å². The predicted molar refractivity (Wildman–Crippen MR) is 96.0 cm³/mol. The zero-order chi connectivity index (χ0) is 18.5. The van der Waals surface area contributed by atoms with E-state index in [9.17, 15) is 9.59 Å². The van der Waals surface area contributed by atoms with Crippen LogP contribution in [0.4, 0.5) is 0 Å². The number of ether oxygens (including phenoxy) is 2. The van der Waals surface area contributed by atoms with E-state index in [1.165, 1.54) is 7.11 Å². The smallest absolute Gasteiger partial charge is 0.338 e. The Labute approximate surface area is 150 Å². The van der Waals surface area contributed by atoms with Crippen LogP contribution < -0.4 is 10.1 Å². The number of hydrogen-bond donors (Lipinski definition) is 1. The minimum Gasteiger partial charge on any atom is -0.497 e. The number of amides is 1. The zero-order valence-electron chi connectivity index (χ0n) is 14.5. The van der Waals surface area contributed by atoms with E-state index in [2.05, 4.69) is 5.32 Å². The summed E-state index contributed by atoms with van der Waals surface area (Å²) in [5.41, 5.74) is 1.08. The van der Waals surface area contributed by atoms with Gasteiger partial charge >= 0.3 is 5.97 Å². The molecule has 3 aromatic rings. The largest absolute Gasteiger partial charge is 0.497 e. The lowest BCUT2D eigenvalue weighted by atomic mass is 10.2. The Morgan fingerprint density at radius 2 is 1.92 bits per heavy atom. The third-order valence-electron chi connectivity index (χ3n) is 3.89. The van der Waals surface area contributed by atoms with Crippen LogP contribution in [0.2, 0.25) is 0 Å². The molecule has 1 N–H and O–H groups in total. The highest BCUT2D eigenvalue weighted by atomic mass is 16.5. The molecule has 1 atom stereocenters. The normalized spacial score (nSPS) is 11.8. The van der Waals surface area contributed by atoms with Crippen LogP contribution in [0.25, 0.3) is 11.0 Å². The fraction of sp³-hybridized carbons (Fsp3) is 0.200. The van der Waals surface area contributed by atoms with E-state index in [4.69, 9.17) is 13.9 Å².